The second kappa shape index (κ2) is 5.82. The van der Waals surface area contributed by atoms with E-state index < -0.39 is 5.97 Å². The first-order valence-corrected chi connectivity index (χ1v) is 6.17. The van der Waals surface area contributed by atoms with Crippen LogP contribution in [0.4, 0.5) is 0 Å². The molecule has 1 N–H and O–H groups in total. The van der Waals surface area contributed by atoms with Crippen LogP contribution >= 0.6 is 0 Å². The molecule has 1 aliphatic heterocycles. The van der Waals surface area contributed by atoms with Crippen molar-refractivity contribution >= 4 is 5.97 Å². The molecule has 1 aromatic heterocycles. The summed E-state index contributed by atoms with van der Waals surface area (Å²) in [6.45, 7) is 1.39. The van der Waals surface area contributed by atoms with Crippen LogP contribution in [-0.2, 0) is 11.3 Å². The average Bonchev–Trinajstić information content (AvgIpc) is 2.40. The highest BCUT2D eigenvalue weighted by Gasteiger charge is 2.28. The number of carboxylic acids is 1. The van der Waals surface area contributed by atoms with E-state index in [-0.39, 0.29) is 6.04 Å². The number of nitrogens with zero attached hydrogens (tertiary/aromatic N) is 2. The van der Waals surface area contributed by atoms with Gasteiger partial charge in [0.25, 0.3) is 0 Å². The highest BCUT2D eigenvalue weighted by Crippen LogP contribution is 2.23. The first-order valence-electron chi connectivity index (χ1n) is 6.17. The van der Waals surface area contributed by atoms with Gasteiger partial charge in [-0.25, -0.2) is 4.98 Å². The van der Waals surface area contributed by atoms with Gasteiger partial charge in [0.05, 0.1) is 7.11 Å². The minimum absolute atomic E-state index is 0.385. The average molecular weight is 250 g/mol. The monoisotopic (exact) mass is 250 g/mol. The smallest absolute Gasteiger partial charge is 0.320 e. The van der Waals surface area contributed by atoms with Crippen molar-refractivity contribution in [2.24, 2.45) is 0 Å². The number of ether oxygens (including phenoxy) is 1. The van der Waals surface area contributed by atoms with E-state index in [0.29, 0.717) is 12.4 Å². The van der Waals surface area contributed by atoms with Crippen LogP contribution in [-0.4, -0.2) is 40.7 Å². The van der Waals surface area contributed by atoms with Crippen LogP contribution in [0.3, 0.4) is 0 Å². The molecule has 1 atom stereocenters. The second-order valence-electron chi connectivity index (χ2n) is 4.49. The number of aliphatic carboxylic acids is 1. The van der Waals surface area contributed by atoms with Crippen molar-refractivity contribution in [2.75, 3.05) is 13.7 Å². The predicted octanol–water partition coefficient (Wildman–Crippen LogP) is 1.53. The Balaban J connectivity index is 2.13. The first-order chi connectivity index (χ1) is 8.72. The number of carbonyl (C=O) groups is 1. The maximum Gasteiger partial charge on any atom is 0.320 e. The highest BCUT2D eigenvalue weighted by atomic mass is 16.5. The van der Waals surface area contributed by atoms with Crippen LogP contribution in [0.25, 0.3) is 0 Å². The van der Waals surface area contributed by atoms with Crippen molar-refractivity contribution in [1.82, 2.24) is 9.88 Å². The van der Waals surface area contributed by atoms with Gasteiger partial charge in [0.1, 0.15) is 6.04 Å². The normalized spacial score (nSPS) is 20.6. The molecule has 0 bridgehead atoms. The molecule has 0 amide bonds. The van der Waals surface area contributed by atoms with Gasteiger partial charge in [0, 0.05) is 18.3 Å². The largest absolute Gasteiger partial charge is 0.481 e. The van der Waals surface area contributed by atoms with Gasteiger partial charge >= 0.3 is 5.97 Å². The van der Waals surface area contributed by atoms with Gasteiger partial charge in [-0.2, -0.15) is 0 Å². The van der Waals surface area contributed by atoms with Crippen molar-refractivity contribution in [3.8, 4) is 5.88 Å². The molecule has 98 valence electrons. The zero-order valence-corrected chi connectivity index (χ0v) is 10.5. The van der Waals surface area contributed by atoms with Crippen molar-refractivity contribution in [3.05, 3.63) is 23.9 Å². The van der Waals surface area contributed by atoms with Crippen molar-refractivity contribution < 1.29 is 14.6 Å². The molecule has 0 aliphatic carbocycles. The van der Waals surface area contributed by atoms with E-state index in [1.807, 2.05) is 17.0 Å². The van der Waals surface area contributed by atoms with Crippen LogP contribution in [0.5, 0.6) is 5.88 Å². The molecule has 0 spiro atoms. The SMILES string of the molecule is COc1ncccc1CN1CCCCC1C(=O)O. The van der Waals surface area contributed by atoms with Crippen LogP contribution in [0.2, 0.25) is 0 Å². The third-order valence-electron chi connectivity index (χ3n) is 3.32. The molecule has 1 saturated heterocycles. The number of aromatic nitrogens is 1. The molecule has 2 heterocycles. The molecule has 0 saturated carbocycles. The summed E-state index contributed by atoms with van der Waals surface area (Å²) in [6, 6.07) is 3.39. The van der Waals surface area contributed by atoms with Crippen molar-refractivity contribution in [2.45, 2.75) is 31.8 Å². The predicted molar refractivity (Wildman–Crippen MR) is 66.5 cm³/mol. The lowest BCUT2D eigenvalue weighted by Gasteiger charge is -2.32. The molecule has 1 fully saturated rings. The fourth-order valence-corrected chi connectivity index (χ4v) is 2.41. The Labute approximate surface area is 106 Å². The maximum absolute atomic E-state index is 11.2. The standard InChI is InChI=1S/C13H18N2O3/c1-18-12-10(5-4-7-14-12)9-15-8-3-2-6-11(15)13(16)17/h4-5,7,11H,2-3,6,8-9H2,1H3,(H,16,17). The fourth-order valence-electron chi connectivity index (χ4n) is 2.41. The summed E-state index contributed by atoms with van der Waals surface area (Å²) < 4.78 is 5.20. The van der Waals surface area contributed by atoms with Gasteiger partial charge in [-0.1, -0.05) is 12.5 Å². The highest BCUT2D eigenvalue weighted by molar-refractivity contribution is 5.73. The Bertz CT molecular complexity index is 422. The number of hydrogen-bond donors (Lipinski definition) is 1. The summed E-state index contributed by atoms with van der Waals surface area (Å²) in [5.41, 5.74) is 0.938. The number of hydrogen-bond acceptors (Lipinski definition) is 4. The van der Waals surface area contributed by atoms with Gasteiger partial charge in [0.15, 0.2) is 0 Å². The van der Waals surface area contributed by atoms with Gasteiger partial charge in [0.2, 0.25) is 5.88 Å². The fraction of sp³-hybridized carbons (Fsp3) is 0.538. The number of piperidine rings is 1. The quantitative estimate of drug-likeness (QED) is 0.878. The summed E-state index contributed by atoms with van der Waals surface area (Å²) in [5, 5.41) is 9.22. The minimum Gasteiger partial charge on any atom is -0.481 e. The molecule has 1 unspecified atom stereocenters. The Morgan fingerprint density at radius 3 is 3.17 bits per heavy atom. The van der Waals surface area contributed by atoms with E-state index in [1.54, 1.807) is 13.3 Å². The molecule has 2 rings (SSSR count). The second-order valence-corrected chi connectivity index (χ2v) is 4.49. The third-order valence-corrected chi connectivity index (χ3v) is 3.32. The van der Waals surface area contributed by atoms with E-state index >= 15 is 0 Å². The molecule has 0 radical (unpaired) electrons. The van der Waals surface area contributed by atoms with Crippen molar-refractivity contribution in [1.29, 1.82) is 0 Å². The molecule has 1 aromatic rings. The molecule has 5 nitrogen and oxygen atoms in total. The van der Waals surface area contributed by atoms with E-state index in [1.165, 1.54) is 0 Å². The Morgan fingerprint density at radius 1 is 1.61 bits per heavy atom. The number of methoxy groups -OCH3 is 1. The minimum atomic E-state index is -0.738. The zero-order chi connectivity index (χ0) is 13.0. The molecular weight excluding hydrogens is 232 g/mol. The molecule has 1 aliphatic rings. The summed E-state index contributed by atoms with van der Waals surface area (Å²) >= 11 is 0. The molecule has 18 heavy (non-hydrogen) atoms. The van der Waals surface area contributed by atoms with Gasteiger partial charge in [-0.05, 0) is 25.5 Å². The zero-order valence-electron chi connectivity index (χ0n) is 10.5. The summed E-state index contributed by atoms with van der Waals surface area (Å²) in [7, 11) is 1.58. The first kappa shape index (κ1) is 12.8. The topological polar surface area (TPSA) is 62.7 Å². The number of carboxylic acid groups (broad SMARTS) is 1. The Kier molecular flexibility index (Phi) is 4.15. The summed E-state index contributed by atoms with van der Waals surface area (Å²) in [5.74, 6) is -0.162. The summed E-state index contributed by atoms with van der Waals surface area (Å²) in [4.78, 5) is 17.3. The van der Waals surface area contributed by atoms with Crippen LogP contribution < -0.4 is 4.74 Å². The number of rotatable bonds is 4. The Hall–Kier alpha value is -1.62. The lowest BCUT2D eigenvalue weighted by atomic mass is 10.0. The lowest BCUT2D eigenvalue weighted by molar-refractivity contribution is -0.144. The summed E-state index contributed by atoms with van der Waals surface area (Å²) in [6.07, 6.45) is 4.43. The molecule has 0 aromatic carbocycles. The lowest BCUT2D eigenvalue weighted by Crippen LogP contribution is -2.44. The van der Waals surface area contributed by atoms with E-state index in [9.17, 15) is 9.90 Å². The number of pyridine rings is 1. The molecule has 5 heteroatoms. The number of likely N-dealkylation sites (tertiary alicyclic amines) is 1. The maximum atomic E-state index is 11.2. The van der Waals surface area contributed by atoms with Crippen molar-refractivity contribution in [3.63, 3.8) is 0 Å². The third kappa shape index (κ3) is 2.79. The van der Waals surface area contributed by atoms with E-state index in [4.69, 9.17) is 4.74 Å². The molecular formula is C13H18N2O3. The van der Waals surface area contributed by atoms with Gasteiger partial charge in [-0.3, -0.25) is 9.69 Å². The van der Waals surface area contributed by atoms with Crippen LogP contribution in [0.1, 0.15) is 24.8 Å². The van der Waals surface area contributed by atoms with Gasteiger partial charge in [-0.15, -0.1) is 0 Å². The van der Waals surface area contributed by atoms with Crippen LogP contribution in [0, 0.1) is 0 Å². The Morgan fingerprint density at radius 2 is 2.44 bits per heavy atom. The van der Waals surface area contributed by atoms with Gasteiger partial charge < -0.3 is 9.84 Å². The van der Waals surface area contributed by atoms with Crippen LogP contribution in [0.15, 0.2) is 18.3 Å². The van der Waals surface area contributed by atoms with E-state index in [2.05, 4.69) is 4.98 Å². The van der Waals surface area contributed by atoms with E-state index in [0.717, 1.165) is 31.4 Å².